The molecule has 0 atom stereocenters. The number of hydrogen-bond donors (Lipinski definition) is 2. The second kappa shape index (κ2) is 6.57. The molecule has 0 fully saturated rings. The summed E-state index contributed by atoms with van der Waals surface area (Å²) >= 11 is 0. The maximum Gasteiger partial charge on any atom is 0.358 e. The number of anilines is 1. The maximum absolute atomic E-state index is 12.0. The Morgan fingerprint density at radius 1 is 1.32 bits per heavy atom. The molecule has 1 heterocycles. The monoisotopic (exact) mass is 306 g/mol. The molecule has 22 heavy (non-hydrogen) atoms. The predicted molar refractivity (Wildman–Crippen MR) is 75.2 cm³/mol. The van der Waals surface area contributed by atoms with Crippen LogP contribution in [0.5, 0.6) is 11.5 Å². The van der Waals surface area contributed by atoms with E-state index in [1.165, 1.54) is 20.4 Å². The van der Waals surface area contributed by atoms with Crippen LogP contribution in [0.15, 0.2) is 24.4 Å². The lowest BCUT2D eigenvalue weighted by Crippen LogP contribution is -2.19. The first-order chi connectivity index (χ1) is 10.5. The summed E-state index contributed by atoms with van der Waals surface area (Å²) in [5.74, 6) is -0.585. The van der Waals surface area contributed by atoms with E-state index in [1.54, 1.807) is 18.2 Å². The Labute approximate surface area is 125 Å². The van der Waals surface area contributed by atoms with E-state index in [2.05, 4.69) is 15.6 Å². The lowest BCUT2D eigenvalue weighted by Gasteiger charge is -2.11. The number of hydrogen-bond acceptors (Lipinski definition) is 6. The summed E-state index contributed by atoms with van der Waals surface area (Å²) in [6.45, 7) is -0.180. The number of carboxylic acids is 1. The van der Waals surface area contributed by atoms with Gasteiger partial charge in [0.2, 0.25) is 5.91 Å². The van der Waals surface area contributed by atoms with Gasteiger partial charge in [0.15, 0.2) is 5.69 Å². The third-order valence-electron chi connectivity index (χ3n) is 2.74. The third-order valence-corrected chi connectivity index (χ3v) is 2.74. The first-order valence-electron chi connectivity index (χ1n) is 6.18. The fraction of sp³-hybridized carbons (Fsp3) is 0.231. The van der Waals surface area contributed by atoms with E-state index < -0.39 is 11.9 Å². The molecule has 0 bridgehead atoms. The fourth-order valence-corrected chi connectivity index (χ4v) is 1.72. The topological polar surface area (TPSA) is 116 Å². The summed E-state index contributed by atoms with van der Waals surface area (Å²) in [6.07, 6.45) is 1.17. The second-order valence-corrected chi connectivity index (χ2v) is 4.22. The molecule has 1 amide bonds. The van der Waals surface area contributed by atoms with Crippen molar-refractivity contribution in [3.05, 3.63) is 30.1 Å². The number of aromatic nitrogens is 3. The highest BCUT2D eigenvalue weighted by Gasteiger charge is 2.13. The van der Waals surface area contributed by atoms with E-state index in [0.717, 1.165) is 4.68 Å². The van der Waals surface area contributed by atoms with Crippen LogP contribution >= 0.6 is 0 Å². The molecule has 2 N–H and O–H groups in total. The van der Waals surface area contributed by atoms with Crippen LogP contribution in [0.4, 0.5) is 5.69 Å². The number of carbonyl (C=O) groups is 2. The number of methoxy groups -OCH3 is 2. The largest absolute Gasteiger partial charge is 0.497 e. The molecule has 0 spiro atoms. The number of nitrogens with zero attached hydrogens (tertiary/aromatic N) is 3. The van der Waals surface area contributed by atoms with Gasteiger partial charge >= 0.3 is 5.97 Å². The van der Waals surface area contributed by atoms with Crippen molar-refractivity contribution in [2.45, 2.75) is 6.54 Å². The number of carbonyl (C=O) groups excluding carboxylic acids is 1. The van der Waals surface area contributed by atoms with Gasteiger partial charge in [-0.25, -0.2) is 9.48 Å². The molecule has 9 nitrogen and oxygen atoms in total. The van der Waals surface area contributed by atoms with E-state index in [1.807, 2.05) is 0 Å². The van der Waals surface area contributed by atoms with Crippen molar-refractivity contribution in [1.82, 2.24) is 15.0 Å². The van der Waals surface area contributed by atoms with Crippen molar-refractivity contribution >= 4 is 17.6 Å². The van der Waals surface area contributed by atoms with Gasteiger partial charge in [-0.3, -0.25) is 4.79 Å². The van der Waals surface area contributed by atoms with Gasteiger partial charge in [0.1, 0.15) is 18.0 Å². The lowest BCUT2D eigenvalue weighted by molar-refractivity contribution is -0.116. The maximum atomic E-state index is 12.0. The Kier molecular flexibility index (Phi) is 4.57. The smallest absolute Gasteiger partial charge is 0.358 e. The highest BCUT2D eigenvalue weighted by molar-refractivity contribution is 5.92. The standard InChI is InChI=1S/C13H14N4O5/c1-21-8-3-4-11(22-2)9(5-8)14-12(18)7-17-6-10(13(19)20)15-16-17/h3-6H,7H2,1-2H3,(H,14,18)(H,19,20). The van der Waals surface area contributed by atoms with Crippen molar-refractivity contribution in [2.24, 2.45) is 0 Å². The summed E-state index contributed by atoms with van der Waals surface area (Å²) in [5, 5.41) is 18.4. The molecular weight excluding hydrogens is 292 g/mol. The summed E-state index contributed by atoms with van der Waals surface area (Å²) in [5.41, 5.74) is 0.206. The minimum atomic E-state index is -1.21. The fourth-order valence-electron chi connectivity index (χ4n) is 1.72. The van der Waals surface area contributed by atoms with Gasteiger partial charge in [0, 0.05) is 6.07 Å². The summed E-state index contributed by atoms with van der Waals surface area (Å²) in [6, 6.07) is 4.97. The van der Waals surface area contributed by atoms with Gasteiger partial charge in [0.05, 0.1) is 26.1 Å². The molecule has 2 aromatic rings. The number of amides is 1. The van der Waals surface area contributed by atoms with E-state index >= 15 is 0 Å². The Morgan fingerprint density at radius 3 is 2.68 bits per heavy atom. The number of benzene rings is 1. The number of carboxylic acid groups (broad SMARTS) is 1. The molecule has 0 aliphatic heterocycles. The van der Waals surface area contributed by atoms with Crippen LogP contribution in [0.25, 0.3) is 0 Å². The van der Waals surface area contributed by atoms with Crippen molar-refractivity contribution in [3.8, 4) is 11.5 Å². The Bertz CT molecular complexity index is 697. The van der Waals surface area contributed by atoms with Crippen molar-refractivity contribution in [1.29, 1.82) is 0 Å². The molecule has 1 aromatic carbocycles. The molecule has 2 rings (SSSR count). The van der Waals surface area contributed by atoms with Gasteiger partial charge in [0.25, 0.3) is 0 Å². The average Bonchev–Trinajstić information content (AvgIpc) is 2.95. The molecule has 0 aliphatic rings. The molecule has 0 radical (unpaired) electrons. The van der Waals surface area contributed by atoms with Crippen LogP contribution in [-0.2, 0) is 11.3 Å². The Morgan fingerprint density at radius 2 is 2.09 bits per heavy atom. The van der Waals surface area contributed by atoms with Crippen molar-refractivity contribution in [2.75, 3.05) is 19.5 Å². The van der Waals surface area contributed by atoms with Crippen LogP contribution in [0.1, 0.15) is 10.5 Å². The SMILES string of the molecule is COc1ccc(OC)c(NC(=O)Cn2cc(C(=O)O)nn2)c1. The van der Waals surface area contributed by atoms with Crippen LogP contribution in [0.3, 0.4) is 0 Å². The Hall–Kier alpha value is -3.10. The summed E-state index contributed by atoms with van der Waals surface area (Å²) < 4.78 is 11.4. The number of ether oxygens (including phenoxy) is 2. The van der Waals surface area contributed by atoms with Crippen molar-refractivity contribution in [3.63, 3.8) is 0 Å². The molecule has 0 unspecified atom stereocenters. The molecule has 1 aromatic heterocycles. The van der Waals surface area contributed by atoms with Crippen LogP contribution in [-0.4, -0.2) is 46.2 Å². The summed E-state index contributed by atoms with van der Waals surface area (Å²) in [7, 11) is 2.99. The number of nitrogens with one attached hydrogen (secondary N) is 1. The second-order valence-electron chi connectivity index (χ2n) is 4.22. The first kappa shape index (κ1) is 15.3. The quantitative estimate of drug-likeness (QED) is 0.804. The predicted octanol–water partition coefficient (Wildman–Crippen LogP) is 0.632. The molecule has 9 heteroatoms. The zero-order valence-corrected chi connectivity index (χ0v) is 11.9. The van der Waals surface area contributed by atoms with E-state index in [-0.39, 0.29) is 12.2 Å². The summed E-state index contributed by atoms with van der Waals surface area (Å²) in [4.78, 5) is 22.7. The molecule has 116 valence electrons. The highest BCUT2D eigenvalue weighted by Crippen LogP contribution is 2.28. The minimum absolute atomic E-state index is 0.180. The van der Waals surface area contributed by atoms with Gasteiger partial charge in [-0.05, 0) is 12.1 Å². The first-order valence-corrected chi connectivity index (χ1v) is 6.18. The highest BCUT2D eigenvalue weighted by atomic mass is 16.5. The van der Waals surface area contributed by atoms with Crippen LogP contribution in [0, 0.1) is 0 Å². The van der Waals surface area contributed by atoms with Gasteiger partial charge in [-0.15, -0.1) is 5.10 Å². The Balaban J connectivity index is 2.09. The average molecular weight is 306 g/mol. The van der Waals surface area contributed by atoms with Gasteiger partial charge in [-0.1, -0.05) is 5.21 Å². The van der Waals surface area contributed by atoms with E-state index in [4.69, 9.17) is 14.6 Å². The molecular formula is C13H14N4O5. The van der Waals surface area contributed by atoms with Crippen LogP contribution in [0.2, 0.25) is 0 Å². The van der Waals surface area contributed by atoms with Crippen molar-refractivity contribution < 1.29 is 24.2 Å². The molecule has 0 saturated heterocycles. The zero-order valence-electron chi connectivity index (χ0n) is 11.9. The lowest BCUT2D eigenvalue weighted by atomic mass is 10.2. The normalized spacial score (nSPS) is 10.1. The zero-order chi connectivity index (χ0) is 16.1. The molecule has 0 saturated carbocycles. The third kappa shape index (κ3) is 3.51. The van der Waals surface area contributed by atoms with Crippen LogP contribution < -0.4 is 14.8 Å². The number of rotatable bonds is 6. The van der Waals surface area contributed by atoms with Gasteiger partial charge in [-0.2, -0.15) is 0 Å². The molecule has 0 aliphatic carbocycles. The van der Waals surface area contributed by atoms with Gasteiger partial charge < -0.3 is 19.9 Å². The van der Waals surface area contributed by atoms with E-state index in [0.29, 0.717) is 17.2 Å². The van der Waals surface area contributed by atoms with E-state index in [9.17, 15) is 9.59 Å². The minimum Gasteiger partial charge on any atom is -0.497 e. The number of aromatic carboxylic acids is 1.